The Labute approximate surface area is 151 Å². The molecule has 1 rings (SSSR count). The highest BCUT2D eigenvalue weighted by Gasteiger charge is 2.47. The van der Waals surface area contributed by atoms with Crippen LogP contribution in [0.2, 0.25) is 0 Å². The number of esters is 2. The smallest absolute Gasteiger partial charge is 0.323 e. The second-order valence-corrected chi connectivity index (χ2v) is 6.49. The summed E-state index contributed by atoms with van der Waals surface area (Å²) in [7, 11) is 0. The van der Waals surface area contributed by atoms with Crippen LogP contribution in [0.4, 0.5) is 0 Å². The second kappa shape index (κ2) is 11.7. The molecule has 0 N–H and O–H groups in total. The highest BCUT2D eigenvalue weighted by Crippen LogP contribution is 2.35. The number of benzene rings is 1. The van der Waals surface area contributed by atoms with E-state index in [1.54, 1.807) is 0 Å². The summed E-state index contributed by atoms with van der Waals surface area (Å²) in [6, 6.07) is 9.53. The Hall–Kier alpha value is -1.84. The molecular weight excluding hydrogens is 316 g/mol. The molecule has 25 heavy (non-hydrogen) atoms. The summed E-state index contributed by atoms with van der Waals surface area (Å²) in [5, 5.41) is 0. The number of carbonyl (C=O) groups excluding carboxylic acids is 2. The molecule has 0 aromatic heterocycles. The van der Waals surface area contributed by atoms with Gasteiger partial charge in [-0.1, -0.05) is 76.8 Å². The van der Waals surface area contributed by atoms with Gasteiger partial charge >= 0.3 is 11.9 Å². The van der Waals surface area contributed by atoms with Crippen LogP contribution in [0.25, 0.3) is 0 Å². The number of hydrogen-bond acceptors (Lipinski definition) is 4. The van der Waals surface area contributed by atoms with E-state index in [1.165, 1.54) is 0 Å². The van der Waals surface area contributed by atoms with E-state index in [2.05, 4.69) is 13.8 Å². The summed E-state index contributed by atoms with van der Waals surface area (Å²) in [5.74, 6) is -0.867. The first kappa shape index (κ1) is 21.2. The molecule has 0 amide bonds. The van der Waals surface area contributed by atoms with E-state index in [1.807, 2.05) is 37.3 Å². The molecule has 0 unspecified atom stereocenters. The van der Waals surface area contributed by atoms with Gasteiger partial charge in [0.25, 0.3) is 0 Å². The van der Waals surface area contributed by atoms with Gasteiger partial charge in [-0.15, -0.1) is 0 Å². The van der Waals surface area contributed by atoms with Crippen molar-refractivity contribution in [3.05, 3.63) is 35.9 Å². The molecule has 0 aliphatic carbocycles. The van der Waals surface area contributed by atoms with E-state index < -0.39 is 17.4 Å². The molecule has 140 valence electrons. The maximum absolute atomic E-state index is 12.9. The Balaban J connectivity index is 2.94. The zero-order valence-electron chi connectivity index (χ0n) is 15.9. The molecular formula is C21H32O4. The van der Waals surface area contributed by atoms with E-state index in [-0.39, 0.29) is 6.61 Å². The van der Waals surface area contributed by atoms with Crippen molar-refractivity contribution in [1.29, 1.82) is 0 Å². The minimum absolute atomic E-state index is 0.181. The van der Waals surface area contributed by atoms with Crippen molar-refractivity contribution in [2.45, 2.75) is 72.3 Å². The molecule has 4 heteroatoms. The highest BCUT2D eigenvalue weighted by atomic mass is 16.6. The normalized spacial score (nSPS) is 11.2. The lowest BCUT2D eigenvalue weighted by Crippen LogP contribution is -2.42. The maximum atomic E-state index is 12.9. The van der Waals surface area contributed by atoms with Crippen LogP contribution in [0.5, 0.6) is 0 Å². The van der Waals surface area contributed by atoms with Crippen molar-refractivity contribution in [3.8, 4) is 0 Å². The fourth-order valence-corrected chi connectivity index (χ4v) is 2.77. The lowest BCUT2D eigenvalue weighted by Gasteiger charge is -2.29. The average molecular weight is 348 g/mol. The summed E-state index contributed by atoms with van der Waals surface area (Å²) in [6.45, 7) is 6.57. The summed E-state index contributed by atoms with van der Waals surface area (Å²) in [6.07, 6.45) is 5.14. The van der Waals surface area contributed by atoms with E-state index in [0.717, 1.165) is 37.7 Å². The standard InChI is InChI=1S/C21H32O4/c1-4-7-14-21(15-8-5-2,19(22)24-16-6-3)20(23)25-17-18-12-10-9-11-13-18/h9-13H,4-8,14-17H2,1-3H3. The first-order valence-corrected chi connectivity index (χ1v) is 9.49. The van der Waals surface area contributed by atoms with Gasteiger partial charge in [0, 0.05) is 0 Å². The molecule has 0 spiro atoms. The molecule has 0 heterocycles. The molecule has 0 bridgehead atoms. The van der Waals surface area contributed by atoms with Crippen LogP contribution in [0, 0.1) is 5.41 Å². The minimum Gasteiger partial charge on any atom is -0.465 e. The number of ether oxygens (including phenoxy) is 2. The fourth-order valence-electron chi connectivity index (χ4n) is 2.77. The van der Waals surface area contributed by atoms with Gasteiger partial charge < -0.3 is 9.47 Å². The van der Waals surface area contributed by atoms with E-state index in [0.29, 0.717) is 19.4 Å². The van der Waals surface area contributed by atoms with Crippen molar-refractivity contribution in [2.24, 2.45) is 5.41 Å². The Bertz CT molecular complexity index is 502. The van der Waals surface area contributed by atoms with Crippen molar-refractivity contribution in [3.63, 3.8) is 0 Å². The first-order valence-electron chi connectivity index (χ1n) is 9.49. The largest absolute Gasteiger partial charge is 0.465 e. The number of unbranched alkanes of at least 4 members (excludes halogenated alkanes) is 2. The Morgan fingerprint density at radius 1 is 0.840 bits per heavy atom. The van der Waals surface area contributed by atoms with Crippen molar-refractivity contribution in [1.82, 2.24) is 0 Å². The third kappa shape index (κ3) is 6.52. The average Bonchev–Trinajstić information content (AvgIpc) is 2.65. The van der Waals surface area contributed by atoms with Gasteiger partial charge in [-0.25, -0.2) is 0 Å². The monoisotopic (exact) mass is 348 g/mol. The van der Waals surface area contributed by atoms with Crippen LogP contribution in [0.1, 0.15) is 71.3 Å². The van der Waals surface area contributed by atoms with Crippen LogP contribution < -0.4 is 0 Å². The topological polar surface area (TPSA) is 52.6 Å². The van der Waals surface area contributed by atoms with Crippen molar-refractivity contribution >= 4 is 11.9 Å². The molecule has 0 atom stereocenters. The van der Waals surface area contributed by atoms with E-state index in [9.17, 15) is 9.59 Å². The first-order chi connectivity index (χ1) is 12.1. The van der Waals surface area contributed by atoms with Gasteiger partial charge in [0.05, 0.1) is 6.61 Å². The van der Waals surface area contributed by atoms with Crippen molar-refractivity contribution < 1.29 is 19.1 Å². The van der Waals surface area contributed by atoms with Crippen LogP contribution in [0.3, 0.4) is 0 Å². The minimum atomic E-state index is -1.17. The molecule has 0 saturated carbocycles. The van der Waals surface area contributed by atoms with Gasteiger partial charge in [-0.05, 0) is 24.8 Å². The Morgan fingerprint density at radius 2 is 1.40 bits per heavy atom. The zero-order chi connectivity index (χ0) is 18.5. The predicted octanol–water partition coefficient (Wildman–Crippen LogP) is 5.05. The molecule has 0 fully saturated rings. The third-order valence-corrected chi connectivity index (χ3v) is 4.35. The fraction of sp³-hybridized carbons (Fsp3) is 0.619. The van der Waals surface area contributed by atoms with Crippen LogP contribution >= 0.6 is 0 Å². The second-order valence-electron chi connectivity index (χ2n) is 6.49. The maximum Gasteiger partial charge on any atom is 0.323 e. The molecule has 1 aromatic rings. The molecule has 4 nitrogen and oxygen atoms in total. The van der Waals surface area contributed by atoms with E-state index >= 15 is 0 Å². The third-order valence-electron chi connectivity index (χ3n) is 4.35. The number of rotatable bonds is 12. The Morgan fingerprint density at radius 3 is 1.92 bits per heavy atom. The lowest BCUT2D eigenvalue weighted by atomic mass is 9.78. The van der Waals surface area contributed by atoms with Gasteiger partial charge in [0.2, 0.25) is 0 Å². The predicted molar refractivity (Wildman–Crippen MR) is 99.0 cm³/mol. The molecule has 1 aromatic carbocycles. The van der Waals surface area contributed by atoms with Crippen molar-refractivity contribution in [2.75, 3.05) is 6.61 Å². The molecule has 0 aliphatic rings. The number of hydrogen-bond donors (Lipinski definition) is 0. The Kier molecular flexibility index (Phi) is 9.90. The van der Waals surface area contributed by atoms with Gasteiger partial charge in [-0.2, -0.15) is 0 Å². The number of carbonyl (C=O) groups is 2. The van der Waals surface area contributed by atoms with Crippen LogP contribution in [-0.4, -0.2) is 18.5 Å². The van der Waals surface area contributed by atoms with Crippen LogP contribution in [-0.2, 0) is 25.7 Å². The van der Waals surface area contributed by atoms with Gasteiger partial charge in [-0.3, -0.25) is 9.59 Å². The summed E-state index contributed by atoms with van der Waals surface area (Å²) in [5.41, 5.74) is -0.256. The van der Waals surface area contributed by atoms with Gasteiger partial charge in [0.15, 0.2) is 5.41 Å². The molecule has 0 radical (unpaired) electrons. The summed E-state index contributed by atoms with van der Waals surface area (Å²) in [4.78, 5) is 25.7. The highest BCUT2D eigenvalue weighted by molar-refractivity contribution is 6.00. The quantitative estimate of drug-likeness (QED) is 0.392. The SMILES string of the molecule is CCCCC(CCCC)(C(=O)OCCC)C(=O)OCc1ccccc1. The molecule has 0 aliphatic heterocycles. The molecule has 0 saturated heterocycles. The van der Waals surface area contributed by atoms with Crippen LogP contribution in [0.15, 0.2) is 30.3 Å². The lowest BCUT2D eigenvalue weighted by molar-refractivity contribution is -0.175. The summed E-state index contributed by atoms with van der Waals surface area (Å²) >= 11 is 0. The van der Waals surface area contributed by atoms with Gasteiger partial charge in [0.1, 0.15) is 6.61 Å². The zero-order valence-corrected chi connectivity index (χ0v) is 15.9. The van der Waals surface area contributed by atoms with E-state index in [4.69, 9.17) is 9.47 Å². The summed E-state index contributed by atoms with van der Waals surface area (Å²) < 4.78 is 10.9.